The van der Waals surface area contributed by atoms with E-state index in [0.717, 1.165) is 16.3 Å². The lowest BCUT2D eigenvalue weighted by Gasteiger charge is -2.27. The van der Waals surface area contributed by atoms with Gasteiger partial charge in [-0.05, 0) is 25.3 Å². The molecule has 5 nitrogen and oxygen atoms in total. The van der Waals surface area contributed by atoms with Gasteiger partial charge in [-0.3, -0.25) is 9.56 Å². The van der Waals surface area contributed by atoms with Crippen molar-refractivity contribution in [1.29, 1.82) is 0 Å². The fourth-order valence-electron chi connectivity index (χ4n) is 2.62. The molecule has 0 fully saturated rings. The van der Waals surface area contributed by atoms with E-state index in [-0.39, 0.29) is 6.04 Å². The van der Waals surface area contributed by atoms with E-state index >= 15 is 0 Å². The van der Waals surface area contributed by atoms with Gasteiger partial charge >= 0.3 is 7.60 Å². The van der Waals surface area contributed by atoms with Crippen molar-refractivity contribution >= 4 is 24.8 Å². The highest BCUT2D eigenvalue weighted by Gasteiger charge is 2.38. The molecule has 0 saturated heterocycles. The molecule has 1 aromatic heterocycles. The van der Waals surface area contributed by atoms with E-state index in [1.54, 1.807) is 31.4 Å². The van der Waals surface area contributed by atoms with Crippen molar-refractivity contribution in [1.82, 2.24) is 5.32 Å². The van der Waals surface area contributed by atoms with Crippen LogP contribution in [0.1, 0.15) is 30.3 Å². The largest absolute Gasteiger partial charge is 0.361 e. The lowest BCUT2D eigenvalue weighted by molar-refractivity contribution is 0.224. The van der Waals surface area contributed by atoms with Crippen LogP contribution in [-0.2, 0) is 13.6 Å². The summed E-state index contributed by atoms with van der Waals surface area (Å²) in [6.45, 7) is 4.23. The van der Waals surface area contributed by atoms with Crippen LogP contribution in [0, 0.1) is 0 Å². The molecule has 0 radical (unpaired) electrons. The Morgan fingerprint density at radius 1 is 1.12 bits per heavy atom. The molecule has 2 heterocycles. The number of nitrogens with one attached hydrogen (secondary N) is 1. The molecule has 1 atom stereocenters. The van der Waals surface area contributed by atoms with Crippen molar-refractivity contribution in [3.63, 3.8) is 0 Å². The second-order valence-corrected chi connectivity index (χ2v) is 8.32. The van der Waals surface area contributed by atoms with Crippen LogP contribution in [0.4, 0.5) is 0 Å². The number of nitrogens with zero attached hydrogens (tertiary/aromatic N) is 1. The Kier molecular flexibility index (Phi) is 5.86. The van der Waals surface area contributed by atoms with E-state index in [0.29, 0.717) is 18.5 Å². The average molecular weight is 376 g/mol. The minimum atomic E-state index is -3.41. The number of thiophene rings is 1. The van der Waals surface area contributed by atoms with Gasteiger partial charge in [0, 0.05) is 16.6 Å². The predicted molar refractivity (Wildman–Crippen MR) is 102 cm³/mol. The molecule has 7 heteroatoms. The normalized spacial score (nSPS) is 17.6. The number of benzene rings is 1. The van der Waals surface area contributed by atoms with Crippen molar-refractivity contribution < 1.29 is 13.6 Å². The molecule has 1 aromatic carbocycles. The first-order chi connectivity index (χ1) is 12.2. The van der Waals surface area contributed by atoms with Crippen LogP contribution >= 0.6 is 18.9 Å². The minimum Gasteiger partial charge on any atom is -0.346 e. The van der Waals surface area contributed by atoms with Crippen molar-refractivity contribution in [2.75, 3.05) is 13.2 Å². The summed E-state index contributed by atoms with van der Waals surface area (Å²) in [5.41, 5.74) is 0.974. The molecule has 132 valence electrons. The molecule has 0 amide bonds. The van der Waals surface area contributed by atoms with E-state index in [1.165, 1.54) is 0 Å². The molecular weight excluding hydrogens is 355 g/mol. The average Bonchev–Trinajstić information content (AvgIpc) is 3.17. The van der Waals surface area contributed by atoms with Crippen LogP contribution in [0.15, 0.2) is 64.4 Å². The molecule has 1 aliphatic rings. The fraction of sp³-hybridized carbons (Fsp3) is 0.278. The number of hydrogen-bond acceptors (Lipinski definition) is 6. The summed E-state index contributed by atoms with van der Waals surface area (Å²) in [6.07, 6.45) is 1.73. The third-order valence-electron chi connectivity index (χ3n) is 3.67. The molecular formula is C18H21N2O3PS. The first-order valence-corrected chi connectivity index (χ1v) is 10.6. The topological polar surface area (TPSA) is 59.9 Å². The summed E-state index contributed by atoms with van der Waals surface area (Å²) in [4.78, 5) is 5.82. The van der Waals surface area contributed by atoms with Crippen LogP contribution in [0.2, 0.25) is 0 Å². The SMILES string of the molecule is CCOP(=O)(OCC)C1=CNC(c2ccccc2)=NC1c1cccs1. The van der Waals surface area contributed by atoms with E-state index in [1.807, 2.05) is 47.8 Å². The summed E-state index contributed by atoms with van der Waals surface area (Å²) in [5, 5.41) is 5.69. The quantitative estimate of drug-likeness (QED) is 0.695. The predicted octanol–water partition coefficient (Wildman–Crippen LogP) is 4.95. The molecule has 2 aromatic rings. The van der Waals surface area contributed by atoms with Gasteiger partial charge in [0.2, 0.25) is 0 Å². The molecule has 0 spiro atoms. The van der Waals surface area contributed by atoms with Crippen LogP contribution in [0.5, 0.6) is 0 Å². The minimum absolute atomic E-state index is 0.307. The van der Waals surface area contributed by atoms with E-state index < -0.39 is 7.60 Å². The van der Waals surface area contributed by atoms with Gasteiger partial charge in [0.1, 0.15) is 11.9 Å². The molecule has 1 N–H and O–H groups in total. The van der Waals surface area contributed by atoms with Gasteiger partial charge in [0.25, 0.3) is 0 Å². The monoisotopic (exact) mass is 376 g/mol. The first-order valence-electron chi connectivity index (χ1n) is 8.21. The standard InChI is InChI=1S/C18H21N2O3PS/c1-3-22-24(21,23-4-2)15-13-19-18(14-9-6-5-7-10-14)20-17(15)16-11-8-12-25-16/h5-13,17H,3-4H2,1-2H3,(H,19,20). The number of hydrogen-bond donors (Lipinski definition) is 1. The molecule has 0 saturated carbocycles. The lowest BCUT2D eigenvalue weighted by Crippen LogP contribution is -2.26. The van der Waals surface area contributed by atoms with Gasteiger partial charge in [0.05, 0.1) is 18.5 Å². The Bertz CT molecular complexity index is 793. The lowest BCUT2D eigenvalue weighted by atomic mass is 10.1. The van der Waals surface area contributed by atoms with E-state index in [4.69, 9.17) is 14.0 Å². The second-order valence-electron chi connectivity index (χ2n) is 5.31. The van der Waals surface area contributed by atoms with Crippen LogP contribution < -0.4 is 5.32 Å². The fourth-order valence-corrected chi connectivity index (χ4v) is 5.26. The molecule has 0 bridgehead atoms. The Balaban J connectivity index is 2.02. The van der Waals surface area contributed by atoms with Crippen molar-refractivity contribution in [3.8, 4) is 0 Å². The highest BCUT2D eigenvalue weighted by Crippen LogP contribution is 2.61. The molecule has 0 aliphatic carbocycles. The van der Waals surface area contributed by atoms with Crippen molar-refractivity contribution in [3.05, 3.63) is 69.8 Å². The second kappa shape index (κ2) is 8.11. The summed E-state index contributed by atoms with van der Waals surface area (Å²) in [6, 6.07) is 13.4. The molecule has 25 heavy (non-hydrogen) atoms. The van der Waals surface area contributed by atoms with Gasteiger partial charge in [-0.2, -0.15) is 0 Å². The summed E-state index contributed by atoms with van der Waals surface area (Å²) in [5.74, 6) is 0.738. The van der Waals surface area contributed by atoms with Gasteiger partial charge in [-0.1, -0.05) is 36.4 Å². The van der Waals surface area contributed by atoms with Crippen LogP contribution in [0.25, 0.3) is 0 Å². The van der Waals surface area contributed by atoms with Gasteiger partial charge in [-0.25, -0.2) is 0 Å². The maximum atomic E-state index is 13.3. The molecule has 1 aliphatic heterocycles. The van der Waals surface area contributed by atoms with E-state index in [2.05, 4.69) is 5.32 Å². The third kappa shape index (κ3) is 3.93. The highest BCUT2D eigenvalue weighted by molar-refractivity contribution is 7.58. The summed E-state index contributed by atoms with van der Waals surface area (Å²) in [7, 11) is -3.41. The smallest absolute Gasteiger partial charge is 0.346 e. The number of aliphatic imine (C=N–C) groups is 1. The zero-order valence-corrected chi connectivity index (χ0v) is 15.9. The van der Waals surface area contributed by atoms with Crippen LogP contribution in [-0.4, -0.2) is 19.0 Å². The van der Waals surface area contributed by atoms with Gasteiger partial charge in [0.15, 0.2) is 0 Å². The Morgan fingerprint density at radius 3 is 2.44 bits per heavy atom. The zero-order valence-electron chi connectivity index (χ0n) is 14.2. The maximum absolute atomic E-state index is 13.3. The van der Waals surface area contributed by atoms with E-state index in [9.17, 15) is 4.57 Å². The Hall–Kier alpha value is -1.72. The van der Waals surface area contributed by atoms with Crippen LogP contribution in [0.3, 0.4) is 0 Å². The first kappa shape index (κ1) is 18.1. The Labute approximate surface area is 151 Å². The Morgan fingerprint density at radius 2 is 1.84 bits per heavy atom. The molecule has 3 rings (SSSR count). The number of rotatable bonds is 7. The summed E-state index contributed by atoms with van der Waals surface area (Å²) >= 11 is 1.57. The zero-order chi connectivity index (χ0) is 17.7. The maximum Gasteiger partial charge on any atom is 0.361 e. The highest BCUT2D eigenvalue weighted by atomic mass is 32.1. The number of amidine groups is 1. The van der Waals surface area contributed by atoms with Crippen molar-refractivity contribution in [2.45, 2.75) is 19.9 Å². The van der Waals surface area contributed by atoms with Gasteiger partial charge in [-0.15, -0.1) is 11.3 Å². The van der Waals surface area contributed by atoms with Crippen molar-refractivity contribution in [2.24, 2.45) is 4.99 Å². The molecule has 1 unspecified atom stereocenters. The summed E-state index contributed by atoms with van der Waals surface area (Å²) < 4.78 is 24.4. The third-order valence-corrected chi connectivity index (χ3v) is 6.80. The van der Waals surface area contributed by atoms with Gasteiger partial charge < -0.3 is 14.4 Å².